The zero-order chi connectivity index (χ0) is 28.3. The quantitative estimate of drug-likeness (QED) is 0.306. The van der Waals surface area contributed by atoms with Crippen molar-refractivity contribution in [3.05, 3.63) is 60.7 Å². The van der Waals surface area contributed by atoms with Gasteiger partial charge in [-0.3, -0.25) is 4.79 Å². The summed E-state index contributed by atoms with van der Waals surface area (Å²) in [6.07, 6.45) is -0.953. The topological polar surface area (TPSA) is 95.5 Å². The molecule has 2 aromatic carbocycles. The summed E-state index contributed by atoms with van der Waals surface area (Å²) in [5, 5.41) is 16.0. The number of ether oxygens (including phenoxy) is 4. The third-order valence-electron chi connectivity index (χ3n) is 8.59. The number of amides is 1. The second-order valence-electron chi connectivity index (χ2n) is 11.6. The first-order valence-electron chi connectivity index (χ1n) is 13.6. The van der Waals surface area contributed by atoms with Crippen LogP contribution in [-0.2, 0) is 28.2 Å². The van der Waals surface area contributed by atoms with Gasteiger partial charge in [0.25, 0.3) is 8.32 Å². The number of carbonyl (C=O) groups is 1. The molecule has 0 bridgehead atoms. The Hall–Kier alpha value is -2.11. The molecule has 214 valence electrons. The summed E-state index contributed by atoms with van der Waals surface area (Å²) in [6, 6.07) is 20.7. The summed E-state index contributed by atoms with van der Waals surface area (Å²) >= 11 is 0. The number of hydrogen-bond donors (Lipinski definition) is 2. The average molecular weight is 558 g/mol. The Morgan fingerprint density at radius 1 is 1.00 bits per heavy atom. The number of hydrogen-bond acceptors (Lipinski definition) is 7. The number of fused-ring (bicyclic) bond motifs is 1. The van der Waals surface area contributed by atoms with Gasteiger partial charge in [-0.25, -0.2) is 0 Å². The smallest absolute Gasteiger partial charge is 0.261 e. The van der Waals surface area contributed by atoms with Gasteiger partial charge in [0, 0.05) is 33.7 Å². The van der Waals surface area contributed by atoms with Crippen molar-refractivity contribution in [3.63, 3.8) is 0 Å². The molecule has 2 aliphatic rings. The van der Waals surface area contributed by atoms with Gasteiger partial charge in [0.2, 0.25) is 5.91 Å². The van der Waals surface area contributed by atoms with Gasteiger partial charge in [-0.05, 0) is 27.8 Å². The highest BCUT2D eigenvalue weighted by Gasteiger charge is 2.68. The number of benzene rings is 2. The van der Waals surface area contributed by atoms with Gasteiger partial charge in [-0.15, -0.1) is 0 Å². The molecule has 0 spiro atoms. The van der Waals surface area contributed by atoms with Gasteiger partial charge < -0.3 is 33.8 Å². The van der Waals surface area contributed by atoms with Crippen LogP contribution in [0, 0.1) is 17.3 Å². The maximum atomic E-state index is 13.9. The summed E-state index contributed by atoms with van der Waals surface area (Å²) in [6.45, 7) is 6.75. The molecule has 1 aliphatic heterocycles. The highest BCUT2D eigenvalue weighted by atomic mass is 28.4. The fourth-order valence-corrected chi connectivity index (χ4v) is 11.5. The Balaban J connectivity index is 1.82. The minimum Gasteiger partial charge on any atom is -0.406 e. The van der Waals surface area contributed by atoms with Crippen LogP contribution < -0.4 is 15.7 Å². The van der Waals surface area contributed by atoms with Crippen LogP contribution in [0.2, 0.25) is 5.04 Å². The van der Waals surface area contributed by atoms with Crippen molar-refractivity contribution >= 4 is 24.6 Å². The van der Waals surface area contributed by atoms with Gasteiger partial charge >= 0.3 is 0 Å². The lowest BCUT2D eigenvalue weighted by atomic mass is 9.75. The molecular formula is C30H43NO7Si. The maximum Gasteiger partial charge on any atom is 0.261 e. The molecule has 1 heterocycles. The number of aliphatic hydroxyl groups excluding tert-OH is 1. The first-order chi connectivity index (χ1) is 18.7. The van der Waals surface area contributed by atoms with E-state index in [-0.39, 0.29) is 30.3 Å². The van der Waals surface area contributed by atoms with Crippen molar-refractivity contribution in [2.24, 2.45) is 17.3 Å². The Bertz CT molecular complexity index is 1040. The number of carbonyl (C=O) groups excluding carboxylic acids is 1. The second kappa shape index (κ2) is 12.2. The minimum absolute atomic E-state index is 0.0342. The van der Waals surface area contributed by atoms with Crippen molar-refractivity contribution in [3.8, 4) is 0 Å². The van der Waals surface area contributed by atoms with E-state index < -0.39 is 38.3 Å². The minimum atomic E-state index is -2.96. The van der Waals surface area contributed by atoms with E-state index in [9.17, 15) is 9.90 Å². The molecule has 2 aromatic rings. The molecule has 5 atom stereocenters. The number of methoxy groups -OCH3 is 3. The van der Waals surface area contributed by atoms with Crippen molar-refractivity contribution in [1.82, 2.24) is 5.32 Å². The van der Waals surface area contributed by atoms with Gasteiger partial charge in [0.15, 0.2) is 6.29 Å². The lowest BCUT2D eigenvalue weighted by Gasteiger charge is -2.45. The van der Waals surface area contributed by atoms with E-state index in [0.717, 1.165) is 10.4 Å². The van der Waals surface area contributed by atoms with Crippen LogP contribution in [0.1, 0.15) is 33.6 Å². The van der Waals surface area contributed by atoms with Crippen LogP contribution in [0.5, 0.6) is 0 Å². The molecule has 0 aromatic heterocycles. The molecule has 2 fully saturated rings. The molecule has 1 amide bonds. The van der Waals surface area contributed by atoms with Crippen LogP contribution in [0.4, 0.5) is 0 Å². The van der Waals surface area contributed by atoms with E-state index in [1.54, 1.807) is 21.3 Å². The normalized spacial score (nSPS) is 27.1. The Kier molecular flexibility index (Phi) is 9.32. The van der Waals surface area contributed by atoms with E-state index in [4.69, 9.17) is 23.4 Å². The summed E-state index contributed by atoms with van der Waals surface area (Å²) in [5.74, 6) is -0.806. The molecule has 4 rings (SSSR count). The van der Waals surface area contributed by atoms with Crippen molar-refractivity contribution < 1.29 is 33.3 Å². The molecule has 9 heteroatoms. The molecule has 1 aliphatic carbocycles. The van der Waals surface area contributed by atoms with Gasteiger partial charge in [-0.1, -0.05) is 81.4 Å². The standard InChI is InChI=1S/C30H43NO7Si/c1-29(2,3)39(22-13-9-7-10-14-22,23-15-11-8-12-16-23)38-19-30-24(37-20-34-4)17-21(18-25(35-5)36-6)26(30)27(32)31-28(30)33/h7-16,21,24-27,32H,17-20H2,1-6H3,(H,31,33)/t21-,24-,26-,27?,30-/m0/s1. The summed E-state index contributed by atoms with van der Waals surface area (Å²) in [4.78, 5) is 13.9. The van der Waals surface area contributed by atoms with Gasteiger partial charge in [-0.2, -0.15) is 0 Å². The van der Waals surface area contributed by atoms with E-state index in [0.29, 0.717) is 12.8 Å². The third kappa shape index (κ3) is 5.34. The third-order valence-corrected chi connectivity index (χ3v) is 13.6. The predicted molar refractivity (Wildman–Crippen MR) is 151 cm³/mol. The fourth-order valence-electron chi connectivity index (χ4n) is 6.85. The Morgan fingerprint density at radius 3 is 2.05 bits per heavy atom. The van der Waals surface area contributed by atoms with Gasteiger partial charge in [0.05, 0.1) is 12.7 Å². The van der Waals surface area contributed by atoms with E-state index >= 15 is 0 Å². The molecule has 1 saturated carbocycles. The fraction of sp³-hybridized carbons (Fsp3) is 0.567. The van der Waals surface area contributed by atoms with Crippen LogP contribution in [0.25, 0.3) is 0 Å². The summed E-state index contributed by atoms with van der Waals surface area (Å²) < 4.78 is 29.7. The van der Waals surface area contributed by atoms with Crippen molar-refractivity contribution in [2.45, 2.75) is 57.3 Å². The highest BCUT2D eigenvalue weighted by Crippen LogP contribution is 2.55. The molecule has 0 radical (unpaired) electrons. The monoisotopic (exact) mass is 557 g/mol. The lowest BCUT2D eigenvalue weighted by Crippen LogP contribution is -2.68. The van der Waals surface area contributed by atoms with Crippen molar-refractivity contribution in [1.29, 1.82) is 0 Å². The molecule has 1 saturated heterocycles. The molecule has 1 unspecified atom stereocenters. The molecule has 2 N–H and O–H groups in total. The van der Waals surface area contributed by atoms with E-state index in [2.05, 4.69) is 50.4 Å². The highest BCUT2D eigenvalue weighted by molar-refractivity contribution is 6.99. The van der Waals surface area contributed by atoms with Crippen molar-refractivity contribution in [2.75, 3.05) is 34.7 Å². The molecule has 8 nitrogen and oxygen atoms in total. The first kappa shape index (κ1) is 29.9. The largest absolute Gasteiger partial charge is 0.406 e. The van der Waals surface area contributed by atoms with E-state index in [1.807, 2.05) is 36.4 Å². The Labute approximate surface area is 233 Å². The molecule has 39 heavy (non-hydrogen) atoms. The van der Waals surface area contributed by atoms with Crippen LogP contribution >= 0.6 is 0 Å². The first-order valence-corrected chi connectivity index (χ1v) is 15.5. The lowest BCUT2D eigenvalue weighted by molar-refractivity contribution is -0.151. The predicted octanol–water partition coefficient (Wildman–Crippen LogP) is 2.63. The zero-order valence-electron chi connectivity index (χ0n) is 23.9. The Morgan fingerprint density at radius 2 is 1.56 bits per heavy atom. The maximum absolute atomic E-state index is 13.9. The molecular weight excluding hydrogens is 514 g/mol. The SMILES string of the molecule is COCO[C@H]1C[C@@H](CC(OC)OC)[C@H]2C(O)NC(=O)[C@@]12CO[Si](c1ccccc1)(c1ccccc1)C(C)(C)C. The number of rotatable bonds is 12. The second-order valence-corrected chi connectivity index (χ2v) is 15.9. The van der Waals surface area contributed by atoms with Crippen LogP contribution in [0.15, 0.2) is 60.7 Å². The number of nitrogens with one attached hydrogen (secondary N) is 1. The van der Waals surface area contributed by atoms with Crippen LogP contribution in [-0.4, -0.2) is 72.7 Å². The summed E-state index contributed by atoms with van der Waals surface area (Å²) in [7, 11) is 1.79. The van der Waals surface area contributed by atoms with Crippen LogP contribution in [0.3, 0.4) is 0 Å². The van der Waals surface area contributed by atoms with E-state index in [1.165, 1.54) is 0 Å². The van der Waals surface area contributed by atoms with Gasteiger partial charge in [0.1, 0.15) is 18.4 Å². The zero-order valence-corrected chi connectivity index (χ0v) is 24.9. The average Bonchev–Trinajstić information content (AvgIpc) is 3.38. The summed E-state index contributed by atoms with van der Waals surface area (Å²) in [5.41, 5.74) is -1.11. The number of aliphatic hydroxyl groups is 1.